The molecule has 1 heterocycles. The lowest BCUT2D eigenvalue weighted by Gasteiger charge is -2.11. The van der Waals surface area contributed by atoms with Crippen LogP contribution >= 0.6 is 0 Å². The van der Waals surface area contributed by atoms with Crippen LogP contribution in [0.15, 0.2) is 42.6 Å². The Morgan fingerprint density at radius 3 is 2.52 bits per heavy atom. The van der Waals surface area contributed by atoms with Gasteiger partial charge in [-0.15, -0.1) is 0 Å². The molecule has 0 saturated carbocycles. The predicted molar refractivity (Wildman–Crippen MR) is 95.7 cm³/mol. The molecular formula is C17H23N3O2S. The van der Waals surface area contributed by atoms with E-state index in [0.717, 1.165) is 18.5 Å². The Kier molecular flexibility index (Phi) is 5.98. The molecule has 0 bridgehead atoms. The topological polar surface area (TPSA) is 71.1 Å². The number of para-hydroxylation sites is 1. The molecule has 1 aromatic heterocycles. The molecule has 2 rings (SSSR count). The van der Waals surface area contributed by atoms with Gasteiger partial charge >= 0.3 is 0 Å². The van der Waals surface area contributed by atoms with E-state index in [1.807, 2.05) is 25.1 Å². The second-order valence-electron chi connectivity index (χ2n) is 5.34. The number of nitrogens with zero attached hydrogens (tertiary/aromatic N) is 1. The fraction of sp³-hybridized carbons (Fsp3) is 0.353. The lowest BCUT2D eigenvalue weighted by molar-refractivity contribution is 0.598. The van der Waals surface area contributed by atoms with Crippen LogP contribution in [0.3, 0.4) is 0 Å². The Labute approximate surface area is 138 Å². The average Bonchev–Trinajstić information content (AvgIpc) is 2.55. The molecule has 23 heavy (non-hydrogen) atoms. The summed E-state index contributed by atoms with van der Waals surface area (Å²) < 4.78 is 26.3. The van der Waals surface area contributed by atoms with E-state index >= 15 is 0 Å². The van der Waals surface area contributed by atoms with Crippen molar-refractivity contribution >= 4 is 27.2 Å². The van der Waals surface area contributed by atoms with E-state index in [0.29, 0.717) is 17.9 Å². The second-order valence-corrected chi connectivity index (χ2v) is 7.18. The van der Waals surface area contributed by atoms with Gasteiger partial charge in [0.15, 0.2) is 0 Å². The largest absolute Gasteiger partial charge is 0.340 e. The van der Waals surface area contributed by atoms with Crippen LogP contribution < -0.4 is 10.0 Å². The van der Waals surface area contributed by atoms with Gasteiger partial charge in [0, 0.05) is 5.69 Å². The van der Waals surface area contributed by atoms with Gasteiger partial charge in [-0.05, 0) is 36.6 Å². The number of hydrogen-bond donors (Lipinski definition) is 2. The zero-order valence-corrected chi connectivity index (χ0v) is 14.4. The van der Waals surface area contributed by atoms with Gasteiger partial charge in [-0.3, -0.25) is 4.72 Å². The average molecular weight is 333 g/mol. The molecule has 0 spiro atoms. The van der Waals surface area contributed by atoms with Crippen molar-refractivity contribution in [1.29, 1.82) is 0 Å². The quantitative estimate of drug-likeness (QED) is 0.768. The molecule has 2 N–H and O–H groups in total. The molecule has 0 amide bonds. The maximum Gasteiger partial charge on any atom is 0.232 e. The molecule has 2 aromatic rings. The minimum absolute atomic E-state index is 0.132. The fourth-order valence-electron chi connectivity index (χ4n) is 2.18. The van der Waals surface area contributed by atoms with Gasteiger partial charge in [-0.1, -0.05) is 38.5 Å². The smallest absolute Gasteiger partial charge is 0.232 e. The zero-order chi connectivity index (χ0) is 16.7. The molecule has 0 atom stereocenters. The molecule has 0 aliphatic carbocycles. The highest BCUT2D eigenvalue weighted by Crippen LogP contribution is 2.21. The fourth-order valence-corrected chi connectivity index (χ4v) is 3.43. The van der Waals surface area contributed by atoms with E-state index in [-0.39, 0.29) is 5.75 Å². The number of hydrogen-bond acceptors (Lipinski definition) is 4. The number of anilines is 3. The molecule has 124 valence electrons. The lowest BCUT2D eigenvalue weighted by Crippen LogP contribution is -2.16. The molecule has 0 aliphatic rings. The molecule has 0 unspecified atom stereocenters. The Morgan fingerprint density at radius 1 is 1.09 bits per heavy atom. The van der Waals surface area contributed by atoms with Crippen LogP contribution in [0.2, 0.25) is 0 Å². The Morgan fingerprint density at radius 2 is 1.87 bits per heavy atom. The van der Waals surface area contributed by atoms with Crippen molar-refractivity contribution in [3.63, 3.8) is 0 Å². The summed E-state index contributed by atoms with van der Waals surface area (Å²) in [7, 11) is -3.29. The van der Waals surface area contributed by atoms with Gasteiger partial charge < -0.3 is 5.32 Å². The highest BCUT2D eigenvalue weighted by atomic mass is 32.2. The SMILES string of the molecule is CCCCS(=O)(=O)Nc1ccc(Nc2ccccc2CC)nc1. The van der Waals surface area contributed by atoms with Crippen molar-refractivity contribution in [2.24, 2.45) is 0 Å². The van der Waals surface area contributed by atoms with Crippen molar-refractivity contribution < 1.29 is 8.42 Å². The molecule has 6 heteroatoms. The van der Waals surface area contributed by atoms with E-state index in [4.69, 9.17) is 0 Å². The molecule has 0 aliphatic heterocycles. The summed E-state index contributed by atoms with van der Waals surface area (Å²) in [4.78, 5) is 4.28. The highest BCUT2D eigenvalue weighted by Gasteiger charge is 2.09. The van der Waals surface area contributed by atoms with Gasteiger partial charge in [0.25, 0.3) is 0 Å². The van der Waals surface area contributed by atoms with Gasteiger partial charge in [0.05, 0.1) is 17.6 Å². The van der Waals surface area contributed by atoms with Crippen LogP contribution in [0.5, 0.6) is 0 Å². The second kappa shape index (κ2) is 7.97. The maximum absolute atomic E-state index is 11.9. The van der Waals surface area contributed by atoms with E-state index in [1.165, 1.54) is 11.8 Å². The molecule has 0 saturated heterocycles. The molecule has 1 aromatic carbocycles. The van der Waals surface area contributed by atoms with Gasteiger partial charge in [-0.2, -0.15) is 0 Å². The first kappa shape index (κ1) is 17.3. The normalized spacial score (nSPS) is 11.2. The van der Waals surface area contributed by atoms with E-state index in [9.17, 15) is 8.42 Å². The summed E-state index contributed by atoms with van der Waals surface area (Å²) in [6, 6.07) is 11.5. The molecule has 0 radical (unpaired) electrons. The Hall–Kier alpha value is -2.08. The highest BCUT2D eigenvalue weighted by molar-refractivity contribution is 7.92. The molecule has 0 fully saturated rings. The summed E-state index contributed by atoms with van der Waals surface area (Å²) in [6.45, 7) is 4.06. The first-order chi connectivity index (χ1) is 11.0. The van der Waals surface area contributed by atoms with Crippen molar-refractivity contribution in [2.45, 2.75) is 33.1 Å². The minimum Gasteiger partial charge on any atom is -0.340 e. The Balaban J connectivity index is 2.05. The molecule has 5 nitrogen and oxygen atoms in total. The number of pyridine rings is 1. The summed E-state index contributed by atoms with van der Waals surface area (Å²) in [5, 5.41) is 3.26. The number of rotatable bonds is 8. The molecular weight excluding hydrogens is 310 g/mol. The van der Waals surface area contributed by atoms with Crippen LogP contribution in [-0.2, 0) is 16.4 Å². The first-order valence-electron chi connectivity index (χ1n) is 7.85. The van der Waals surface area contributed by atoms with Crippen molar-refractivity contribution in [3.8, 4) is 0 Å². The first-order valence-corrected chi connectivity index (χ1v) is 9.50. The van der Waals surface area contributed by atoms with Crippen LogP contribution in [-0.4, -0.2) is 19.2 Å². The predicted octanol–water partition coefficient (Wildman–Crippen LogP) is 3.93. The lowest BCUT2D eigenvalue weighted by atomic mass is 10.1. The number of benzene rings is 1. The van der Waals surface area contributed by atoms with Crippen molar-refractivity contribution in [3.05, 3.63) is 48.2 Å². The van der Waals surface area contributed by atoms with E-state index in [2.05, 4.69) is 28.0 Å². The monoisotopic (exact) mass is 333 g/mol. The third-order valence-electron chi connectivity index (χ3n) is 3.46. The van der Waals surface area contributed by atoms with Crippen LogP contribution in [0.25, 0.3) is 0 Å². The number of unbranched alkanes of at least 4 members (excludes halogenated alkanes) is 1. The van der Waals surface area contributed by atoms with E-state index < -0.39 is 10.0 Å². The number of nitrogens with one attached hydrogen (secondary N) is 2. The zero-order valence-electron chi connectivity index (χ0n) is 13.5. The summed E-state index contributed by atoms with van der Waals surface area (Å²) in [5.41, 5.74) is 2.70. The number of aromatic nitrogens is 1. The maximum atomic E-state index is 11.9. The number of sulfonamides is 1. The van der Waals surface area contributed by atoms with Crippen LogP contribution in [0, 0.1) is 0 Å². The third kappa shape index (κ3) is 5.25. The van der Waals surface area contributed by atoms with Gasteiger partial charge in [0.1, 0.15) is 5.82 Å². The van der Waals surface area contributed by atoms with Gasteiger partial charge in [0.2, 0.25) is 10.0 Å². The number of aryl methyl sites for hydroxylation is 1. The minimum atomic E-state index is -3.29. The Bertz CT molecular complexity index is 728. The van der Waals surface area contributed by atoms with Crippen molar-refractivity contribution in [1.82, 2.24) is 4.98 Å². The summed E-state index contributed by atoms with van der Waals surface area (Å²) in [5.74, 6) is 0.815. The summed E-state index contributed by atoms with van der Waals surface area (Å²) >= 11 is 0. The standard InChI is InChI=1S/C17H23N3O2S/c1-3-5-12-23(21,22)20-15-10-11-17(18-13-15)19-16-9-7-6-8-14(16)4-2/h6-11,13,20H,3-5,12H2,1-2H3,(H,18,19). The van der Waals surface area contributed by atoms with Crippen LogP contribution in [0.4, 0.5) is 17.2 Å². The van der Waals surface area contributed by atoms with Crippen LogP contribution in [0.1, 0.15) is 32.3 Å². The van der Waals surface area contributed by atoms with E-state index in [1.54, 1.807) is 12.1 Å². The van der Waals surface area contributed by atoms with Gasteiger partial charge in [-0.25, -0.2) is 13.4 Å². The van der Waals surface area contributed by atoms with Crippen molar-refractivity contribution in [2.75, 3.05) is 15.8 Å². The third-order valence-corrected chi connectivity index (χ3v) is 4.84. The summed E-state index contributed by atoms with van der Waals surface area (Å²) in [6.07, 6.45) is 3.95.